The van der Waals surface area contributed by atoms with Crippen LogP contribution in [0, 0.1) is 20.8 Å². The topological polar surface area (TPSA) is 406 Å². The lowest BCUT2D eigenvalue weighted by Crippen LogP contribution is -2.53. The first-order valence-electron chi connectivity index (χ1n) is 30.6. The van der Waals surface area contributed by atoms with Gasteiger partial charge in [0.1, 0.15) is 64.9 Å². The van der Waals surface area contributed by atoms with Gasteiger partial charge in [0.05, 0.1) is 89.3 Å². The van der Waals surface area contributed by atoms with Gasteiger partial charge in [-0.3, -0.25) is 24.0 Å². The minimum Gasteiger partial charge on any atom is -0.494 e. The summed E-state index contributed by atoms with van der Waals surface area (Å²) in [5.74, 6) is -0.854. The van der Waals surface area contributed by atoms with E-state index in [0.717, 1.165) is 45.4 Å². The van der Waals surface area contributed by atoms with Crippen LogP contribution in [-0.2, 0) is 23.9 Å². The third-order valence-corrected chi connectivity index (χ3v) is 15.0. The predicted molar refractivity (Wildman–Crippen MR) is 343 cm³/mol. The Balaban J connectivity index is 0.000000157. The molecule has 0 spiro atoms. The van der Waals surface area contributed by atoms with Crippen molar-refractivity contribution >= 4 is 80.0 Å². The second-order valence-electron chi connectivity index (χ2n) is 24.1. The maximum absolute atomic E-state index is 13.2. The highest BCUT2D eigenvalue weighted by atomic mass is 16.6. The molecule has 0 bridgehead atoms. The summed E-state index contributed by atoms with van der Waals surface area (Å²) in [7, 11) is 4.38. The minimum atomic E-state index is -1.54. The van der Waals surface area contributed by atoms with Crippen molar-refractivity contribution in [3.8, 4) is 34.7 Å². The first-order valence-corrected chi connectivity index (χ1v) is 30.6. The van der Waals surface area contributed by atoms with E-state index in [1.165, 1.54) is 95.0 Å². The average molecular weight is 1330 g/mol. The number of carbonyl (C=O) groups excluding carboxylic acids is 7. The number of piperidine rings is 1. The number of hydrogen-bond donors (Lipinski definition) is 5. The molecule has 508 valence electrons. The van der Waals surface area contributed by atoms with Crippen molar-refractivity contribution < 1.29 is 67.1 Å². The fourth-order valence-corrected chi connectivity index (χ4v) is 10.5. The number of ether oxygens (including phenoxy) is 5. The van der Waals surface area contributed by atoms with Crippen LogP contribution in [0.4, 0.5) is 9.59 Å². The van der Waals surface area contributed by atoms with Crippen LogP contribution in [0.15, 0.2) is 56.2 Å². The zero-order valence-electron chi connectivity index (χ0n) is 55.3. The number of ketones is 3. The highest BCUT2D eigenvalue weighted by molar-refractivity contribution is 6.46. The summed E-state index contributed by atoms with van der Waals surface area (Å²) in [5.41, 5.74) is 0.956. The molecule has 0 aliphatic carbocycles. The Hall–Kier alpha value is -11.2. The number of aromatic amines is 3. The zero-order valence-corrected chi connectivity index (χ0v) is 55.3. The number of H-pyrrole nitrogens is 3. The van der Waals surface area contributed by atoms with Crippen LogP contribution >= 0.6 is 0 Å². The molecule has 0 atom stereocenters. The van der Waals surface area contributed by atoms with E-state index in [1.807, 2.05) is 20.8 Å². The van der Waals surface area contributed by atoms with Crippen molar-refractivity contribution in [2.24, 2.45) is 0 Å². The van der Waals surface area contributed by atoms with E-state index in [0.29, 0.717) is 98.0 Å². The second kappa shape index (κ2) is 29.4. The number of pyridine rings is 3. The first-order chi connectivity index (χ1) is 45.7. The van der Waals surface area contributed by atoms with E-state index >= 15 is 0 Å². The number of nitrogens with zero attached hydrogens (tertiary/aromatic N) is 16. The number of carboxylic acid groups (broad SMARTS) is 1. The first kappa shape index (κ1) is 69.2. The number of amides is 4. The monoisotopic (exact) mass is 1320 g/mol. The van der Waals surface area contributed by atoms with Crippen molar-refractivity contribution in [2.75, 3.05) is 86.8 Å². The Labute approximate surface area is 549 Å². The summed E-state index contributed by atoms with van der Waals surface area (Å²) in [4.78, 5) is 139. The molecular weight excluding hydrogens is 1250 g/mol. The lowest BCUT2D eigenvalue weighted by Gasteiger charge is -2.35. The summed E-state index contributed by atoms with van der Waals surface area (Å²) in [6.07, 6.45) is 15.6. The van der Waals surface area contributed by atoms with Crippen molar-refractivity contribution in [3.05, 3.63) is 90.3 Å². The van der Waals surface area contributed by atoms with E-state index in [4.69, 9.17) is 28.8 Å². The van der Waals surface area contributed by atoms with Crippen LogP contribution in [-0.4, -0.2) is 244 Å². The molecule has 0 unspecified atom stereocenters. The maximum atomic E-state index is 13.2. The van der Waals surface area contributed by atoms with Gasteiger partial charge in [0.25, 0.3) is 29.2 Å². The van der Waals surface area contributed by atoms with Gasteiger partial charge < -0.3 is 68.7 Å². The molecule has 3 fully saturated rings. The Bertz CT molecular complexity index is 4350. The quantitative estimate of drug-likeness (QED) is 0.0799. The third kappa shape index (κ3) is 15.7. The number of likely N-dealkylation sites (tertiary alicyclic amines) is 1. The Kier molecular flexibility index (Phi) is 21.2. The number of nitrogens with one attached hydrogen (secondary N) is 4. The van der Waals surface area contributed by atoms with Gasteiger partial charge in [0.2, 0.25) is 0 Å². The normalized spacial score (nSPS) is 14.2. The number of methoxy groups -OCH3 is 3. The number of carbonyl (C=O) groups is 8. The largest absolute Gasteiger partial charge is 0.494 e. The number of carboxylic acids is 1. The molecule has 3 aliphatic heterocycles. The fourth-order valence-electron chi connectivity index (χ4n) is 10.5. The molecular formula is C62H76N20O14. The average Bonchev–Trinajstić information content (AvgIpc) is 1.59. The molecule has 96 heavy (non-hydrogen) atoms. The number of aromatic nitrogens is 15. The summed E-state index contributed by atoms with van der Waals surface area (Å²) in [6, 6.07) is 0. The van der Waals surface area contributed by atoms with Gasteiger partial charge >= 0.3 is 18.2 Å². The van der Waals surface area contributed by atoms with Gasteiger partial charge in [-0.25, -0.2) is 58.3 Å². The van der Waals surface area contributed by atoms with Crippen molar-refractivity contribution in [3.63, 3.8) is 0 Å². The molecule has 0 aromatic carbocycles. The lowest BCUT2D eigenvalue weighted by atomic mass is 10.1. The number of piperazine rings is 2. The number of hydrogen-bond acceptors (Lipinski definition) is 23. The molecule has 12 rings (SSSR count). The molecule has 9 aromatic heterocycles. The molecule has 34 heteroatoms. The highest BCUT2D eigenvalue weighted by Gasteiger charge is 2.34. The van der Waals surface area contributed by atoms with Crippen LogP contribution < -0.4 is 19.5 Å². The van der Waals surface area contributed by atoms with Crippen LogP contribution in [0.3, 0.4) is 0 Å². The van der Waals surface area contributed by atoms with Crippen molar-refractivity contribution in [2.45, 2.75) is 92.8 Å². The van der Waals surface area contributed by atoms with E-state index in [1.54, 1.807) is 57.7 Å². The predicted octanol–water partition coefficient (Wildman–Crippen LogP) is 4.93. The van der Waals surface area contributed by atoms with Crippen LogP contribution in [0.5, 0.6) is 17.2 Å². The molecule has 3 aliphatic rings. The molecule has 12 heterocycles. The molecule has 4 amide bonds. The van der Waals surface area contributed by atoms with Gasteiger partial charge in [0.15, 0.2) is 17.5 Å². The summed E-state index contributed by atoms with van der Waals surface area (Å²) >= 11 is 0. The highest BCUT2D eigenvalue weighted by Crippen LogP contribution is 2.35. The van der Waals surface area contributed by atoms with Gasteiger partial charge in [-0.1, -0.05) is 0 Å². The fraction of sp³-hybridized carbons (Fsp3) is 0.435. The number of fused-ring (bicyclic) bond motifs is 3. The van der Waals surface area contributed by atoms with E-state index < -0.39 is 46.8 Å². The van der Waals surface area contributed by atoms with Gasteiger partial charge in [-0.2, -0.15) is 15.3 Å². The van der Waals surface area contributed by atoms with E-state index in [9.17, 15) is 38.4 Å². The molecule has 3 saturated heterocycles. The second-order valence-corrected chi connectivity index (χ2v) is 24.1. The summed E-state index contributed by atoms with van der Waals surface area (Å²) in [5, 5.41) is 26.1. The van der Waals surface area contributed by atoms with Gasteiger partial charge in [-0.15, -0.1) is 0 Å². The number of aryl methyl sites for hydroxylation is 3. The Morgan fingerprint density at radius 2 is 0.760 bits per heavy atom. The smallest absolute Gasteiger partial charge is 0.410 e. The minimum absolute atomic E-state index is 0.000151. The third-order valence-electron chi connectivity index (χ3n) is 15.0. The SMILES string of the molecule is CC(C)(C)OC(=O)N1CCNCC1.COc1cnc(-n2cnc(C)n2)c2[nH]cc(C(=O)C(=O)N3CCCCC3)c12.COc1cnc(-n2cnc(C)n2)c2[nH]cc(C(=O)C(=O)N3CCN(C(=O)OC(C)(C)C)CC3)c12.COc1cnc(-n2cnc(C)n2)c2[nH]cc(C(=O)C(=O)O)c12. The number of aliphatic carboxylic acids is 1. The molecule has 34 nitrogen and oxygen atoms in total. The van der Waals surface area contributed by atoms with E-state index in [-0.39, 0.29) is 54.6 Å². The molecule has 9 aromatic rings. The Morgan fingerprint density at radius 3 is 1.07 bits per heavy atom. The molecule has 0 saturated carbocycles. The van der Waals surface area contributed by atoms with Gasteiger partial charge in [0, 0.05) is 84.0 Å². The zero-order chi connectivity index (χ0) is 69.3. The van der Waals surface area contributed by atoms with Crippen molar-refractivity contribution in [1.82, 2.24) is 99.1 Å². The summed E-state index contributed by atoms with van der Waals surface area (Å²) in [6.45, 7) is 21.8. The van der Waals surface area contributed by atoms with Crippen LogP contribution in [0.2, 0.25) is 0 Å². The lowest BCUT2D eigenvalue weighted by molar-refractivity contribution is -0.132. The molecule has 5 N–H and O–H groups in total. The maximum Gasteiger partial charge on any atom is 0.410 e. The number of rotatable bonds is 12. The summed E-state index contributed by atoms with van der Waals surface area (Å²) < 4.78 is 31.0. The van der Waals surface area contributed by atoms with Crippen LogP contribution in [0.25, 0.3) is 50.2 Å². The van der Waals surface area contributed by atoms with E-state index in [2.05, 4.69) is 65.5 Å². The standard InChI is InChI=1S/C22H27N7O5.C18H20N6O3.C13H11N5O4.C9H18N2O2/c1-13-25-12-29(26-13)19-17-16(15(33-5)11-24-19)14(10-23-17)18(30)20(31)27-6-8-28(9-7-27)21(32)34-22(2,3)4;1-11-21-10-24(22-11)17-15-14(13(27-2)9-20-17)12(8-19-15)16(25)18(26)23-6-4-3-5-7-23;1-6-16-5-18(17-6)12-10-9(8(22-2)4-15-12)7(3-14-10)11(19)13(20)21;1-9(2,3)13-8(12)11-6-4-10-5-7-11/h10-12,23H,6-9H2,1-5H3;8-10,19H,3-7H2,1-2H3;3-5,14H,1-2H3,(H,20,21);10H,4-7H2,1-3H3. The van der Waals surface area contributed by atoms with Crippen molar-refractivity contribution in [1.29, 1.82) is 0 Å². The Morgan fingerprint density at radius 1 is 0.438 bits per heavy atom. The molecule has 0 radical (unpaired) electrons. The number of Topliss-reactive ketones (excluding diaryl/α,β-unsaturated/α-hetero) is 3. The van der Waals surface area contributed by atoms with Gasteiger partial charge in [-0.05, 0) is 81.6 Å². The van der Waals surface area contributed by atoms with Crippen LogP contribution in [0.1, 0.15) is 109 Å².